The van der Waals surface area contributed by atoms with Gasteiger partial charge in [-0.1, -0.05) is 0 Å². The molecule has 1 aromatic carbocycles. The standard InChI is InChI=1S/C15H7F3N4/c16-11-2-1-9(3-12(11)17)22-15-8(5-19)6-20-13-7-21-14(18)4-10(13)15/h1-4,6-7H,(H,20,22). The minimum absolute atomic E-state index is 0.142. The zero-order valence-corrected chi connectivity index (χ0v) is 10.9. The zero-order chi connectivity index (χ0) is 15.7. The molecule has 0 spiro atoms. The van der Waals surface area contributed by atoms with Gasteiger partial charge in [-0.15, -0.1) is 0 Å². The second-order valence-corrected chi connectivity index (χ2v) is 4.44. The van der Waals surface area contributed by atoms with E-state index in [2.05, 4.69) is 15.3 Å². The number of benzene rings is 1. The van der Waals surface area contributed by atoms with Gasteiger partial charge in [0.2, 0.25) is 5.95 Å². The summed E-state index contributed by atoms with van der Waals surface area (Å²) in [6.07, 6.45) is 2.52. The predicted molar refractivity (Wildman–Crippen MR) is 73.9 cm³/mol. The van der Waals surface area contributed by atoms with E-state index in [0.29, 0.717) is 10.9 Å². The highest BCUT2D eigenvalue weighted by Crippen LogP contribution is 2.29. The SMILES string of the molecule is N#Cc1cnc2cnc(F)cc2c1Nc1ccc(F)c(F)c1. The third-order valence-corrected chi connectivity index (χ3v) is 3.03. The van der Waals surface area contributed by atoms with Crippen molar-refractivity contribution in [2.45, 2.75) is 0 Å². The van der Waals surface area contributed by atoms with Crippen LogP contribution in [0.2, 0.25) is 0 Å². The lowest BCUT2D eigenvalue weighted by Crippen LogP contribution is -1.99. The van der Waals surface area contributed by atoms with Crippen molar-refractivity contribution in [3.63, 3.8) is 0 Å². The Balaban J connectivity index is 2.17. The molecule has 0 fully saturated rings. The summed E-state index contributed by atoms with van der Waals surface area (Å²) in [5, 5.41) is 12.3. The van der Waals surface area contributed by atoms with Crippen molar-refractivity contribution in [2.24, 2.45) is 0 Å². The van der Waals surface area contributed by atoms with Gasteiger partial charge in [-0.25, -0.2) is 13.8 Å². The summed E-state index contributed by atoms with van der Waals surface area (Å²) in [6, 6.07) is 6.24. The molecule has 0 atom stereocenters. The lowest BCUT2D eigenvalue weighted by atomic mass is 10.1. The molecule has 7 heteroatoms. The molecule has 0 saturated heterocycles. The molecule has 0 aliphatic heterocycles. The molecule has 3 aromatic rings. The van der Waals surface area contributed by atoms with Gasteiger partial charge in [0.25, 0.3) is 0 Å². The minimum atomic E-state index is -1.03. The summed E-state index contributed by atoms with van der Waals surface area (Å²) in [5.74, 6) is -2.76. The largest absolute Gasteiger partial charge is 0.354 e. The highest BCUT2D eigenvalue weighted by atomic mass is 19.2. The van der Waals surface area contributed by atoms with E-state index in [-0.39, 0.29) is 16.9 Å². The zero-order valence-electron chi connectivity index (χ0n) is 10.9. The van der Waals surface area contributed by atoms with Gasteiger partial charge < -0.3 is 5.32 Å². The van der Waals surface area contributed by atoms with Crippen LogP contribution in [0.1, 0.15) is 5.56 Å². The van der Waals surface area contributed by atoms with E-state index in [9.17, 15) is 13.2 Å². The molecule has 0 saturated carbocycles. The molecule has 0 bridgehead atoms. The van der Waals surface area contributed by atoms with E-state index in [1.54, 1.807) is 0 Å². The van der Waals surface area contributed by atoms with Crippen molar-refractivity contribution in [1.29, 1.82) is 5.26 Å². The number of hydrogen-bond acceptors (Lipinski definition) is 4. The maximum Gasteiger partial charge on any atom is 0.213 e. The van der Waals surface area contributed by atoms with Crippen molar-refractivity contribution in [3.05, 3.63) is 59.8 Å². The molecule has 1 N–H and O–H groups in total. The Kier molecular flexibility index (Phi) is 3.35. The Morgan fingerprint density at radius 2 is 1.82 bits per heavy atom. The number of nitrogens with zero attached hydrogens (tertiary/aromatic N) is 3. The van der Waals surface area contributed by atoms with Crippen molar-refractivity contribution in [3.8, 4) is 6.07 Å². The topological polar surface area (TPSA) is 61.6 Å². The molecule has 2 heterocycles. The van der Waals surface area contributed by atoms with E-state index < -0.39 is 17.6 Å². The first-order valence-electron chi connectivity index (χ1n) is 6.15. The third kappa shape index (κ3) is 2.42. The maximum absolute atomic E-state index is 13.3. The van der Waals surface area contributed by atoms with Crippen molar-refractivity contribution >= 4 is 22.3 Å². The lowest BCUT2D eigenvalue weighted by molar-refractivity contribution is 0.509. The Labute approximate surface area is 122 Å². The number of hydrogen-bond donors (Lipinski definition) is 1. The van der Waals surface area contributed by atoms with Crippen LogP contribution in [0.4, 0.5) is 24.5 Å². The molecule has 0 unspecified atom stereocenters. The quantitative estimate of drug-likeness (QED) is 0.734. The maximum atomic E-state index is 13.3. The van der Waals surface area contributed by atoms with Crippen molar-refractivity contribution < 1.29 is 13.2 Å². The fraction of sp³-hybridized carbons (Fsp3) is 0. The molecule has 108 valence electrons. The second-order valence-electron chi connectivity index (χ2n) is 4.44. The van der Waals surface area contributed by atoms with Crippen LogP contribution in [0.3, 0.4) is 0 Å². The van der Waals surface area contributed by atoms with E-state index >= 15 is 0 Å². The van der Waals surface area contributed by atoms with Crippen LogP contribution < -0.4 is 5.32 Å². The van der Waals surface area contributed by atoms with Gasteiger partial charge in [0, 0.05) is 29.4 Å². The number of halogens is 3. The van der Waals surface area contributed by atoms with Gasteiger partial charge >= 0.3 is 0 Å². The Bertz CT molecular complexity index is 919. The van der Waals surface area contributed by atoms with Crippen molar-refractivity contribution in [2.75, 3.05) is 5.32 Å². The molecule has 0 aliphatic carbocycles. The van der Waals surface area contributed by atoms with Crippen LogP contribution in [0, 0.1) is 28.9 Å². The van der Waals surface area contributed by atoms with E-state index in [0.717, 1.165) is 18.2 Å². The molecule has 0 amide bonds. The van der Waals surface area contributed by atoms with Crippen LogP contribution in [0.15, 0.2) is 36.7 Å². The molecule has 22 heavy (non-hydrogen) atoms. The molecular formula is C15H7F3N4. The number of anilines is 2. The monoisotopic (exact) mass is 300 g/mol. The van der Waals surface area contributed by atoms with Crippen molar-refractivity contribution in [1.82, 2.24) is 9.97 Å². The molecule has 4 nitrogen and oxygen atoms in total. The van der Waals surface area contributed by atoms with Crippen LogP contribution in [0.25, 0.3) is 10.9 Å². The molecule has 0 radical (unpaired) electrons. The molecule has 0 aliphatic rings. The van der Waals surface area contributed by atoms with Gasteiger partial charge in [-0.3, -0.25) is 4.98 Å². The number of pyridine rings is 2. The van der Waals surface area contributed by atoms with Crippen LogP contribution >= 0.6 is 0 Å². The lowest BCUT2D eigenvalue weighted by Gasteiger charge is -2.11. The third-order valence-electron chi connectivity index (χ3n) is 3.03. The Morgan fingerprint density at radius 1 is 1.00 bits per heavy atom. The molecule has 3 rings (SSSR count). The number of rotatable bonds is 2. The second kappa shape index (κ2) is 5.33. The fourth-order valence-electron chi connectivity index (χ4n) is 2.01. The highest BCUT2D eigenvalue weighted by molar-refractivity contribution is 5.95. The minimum Gasteiger partial charge on any atom is -0.354 e. The van der Waals surface area contributed by atoms with Crippen LogP contribution in [-0.2, 0) is 0 Å². The predicted octanol–water partition coefficient (Wildman–Crippen LogP) is 3.66. The summed E-state index contributed by atoms with van der Waals surface area (Å²) >= 11 is 0. The highest BCUT2D eigenvalue weighted by Gasteiger charge is 2.12. The summed E-state index contributed by atoms with van der Waals surface area (Å²) in [5.41, 5.74) is 0.980. The average molecular weight is 300 g/mol. The first kappa shape index (κ1) is 13.8. The van der Waals surface area contributed by atoms with Gasteiger partial charge in [0.05, 0.1) is 23.0 Å². The van der Waals surface area contributed by atoms with Gasteiger partial charge in [-0.05, 0) is 12.1 Å². The van der Waals surface area contributed by atoms with Gasteiger partial charge in [0.1, 0.15) is 6.07 Å². The first-order chi connectivity index (χ1) is 10.6. The number of nitrogens with one attached hydrogen (secondary N) is 1. The summed E-state index contributed by atoms with van der Waals surface area (Å²) < 4.78 is 39.6. The van der Waals surface area contributed by atoms with E-state index in [1.165, 1.54) is 18.5 Å². The number of nitriles is 1. The average Bonchev–Trinajstić information content (AvgIpc) is 2.51. The first-order valence-corrected chi connectivity index (χ1v) is 6.15. The molecule has 2 aromatic heterocycles. The summed E-state index contributed by atoms with van der Waals surface area (Å²) in [7, 11) is 0. The Morgan fingerprint density at radius 3 is 2.55 bits per heavy atom. The fourth-order valence-corrected chi connectivity index (χ4v) is 2.01. The van der Waals surface area contributed by atoms with E-state index in [1.807, 2.05) is 6.07 Å². The normalized spacial score (nSPS) is 10.5. The summed E-state index contributed by atoms with van der Waals surface area (Å²) in [6.45, 7) is 0. The van der Waals surface area contributed by atoms with Crippen LogP contribution in [0.5, 0.6) is 0 Å². The van der Waals surface area contributed by atoms with Gasteiger partial charge in [0.15, 0.2) is 11.6 Å². The Hall–Kier alpha value is -3.14. The summed E-state index contributed by atoms with van der Waals surface area (Å²) in [4.78, 5) is 7.49. The number of aromatic nitrogens is 2. The smallest absolute Gasteiger partial charge is 0.213 e. The number of fused-ring (bicyclic) bond motifs is 1. The van der Waals surface area contributed by atoms with E-state index in [4.69, 9.17) is 5.26 Å². The molecular weight excluding hydrogens is 293 g/mol. The van der Waals surface area contributed by atoms with Gasteiger partial charge in [-0.2, -0.15) is 9.65 Å². The van der Waals surface area contributed by atoms with Crippen LogP contribution in [-0.4, -0.2) is 9.97 Å².